The zero-order valence-electron chi connectivity index (χ0n) is 16.0. The molecule has 11 nitrogen and oxygen atoms in total. The summed E-state index contributed by atoms with van der Waals surface area (Å²) in [5.41, 5.74) is 0.126. The number of thioether (sulfide) groups is 1. The quantitative estimate of drug-likeness (QED) is 0.453. The monoisotopic (exact) mass is 424 g/mol. The first-order valence-corrected chi connectivity index (χ1v) is 9.95. The molecule has 3 heterocycles. The molecule has 156 valence electrons. The molecule has 1 aromatic heterocycles. The second-order valence-electron chi connectivity index (χ2n) is 6.56. The zero-order chi connectivity index (χ0) is 21.3. The number of amides is 2. The van der Waals surface area contributed by atoms with E-state index in [0.29, 0.717) is 17.8 Å². The molecule has 0 saturated carbocycles. The van der Waals surface area contributed by atoms with Crippen LogP contribution in [-0.4, -0.2) is 67.7 Å². The number of ether oxygens (including phenoxy) is 1. The number of hydrogen-bond donors (Lipinski definition) is 2. The molecule has 2 aliphatic rings. The van der Waals surface area contributed by atoms with E-state index < -0.39 is 41.1 Å². The van der Waals surface area contributed by atoms with Crippen LogP contribution in [0, 0.1) is 0 Å². The van der Waals surface area contributed by atoms with Crippen molar-refractivity contribution in [3.8, 4) is 0 Å². The standard InChI is InChI=1S/C17H20N4O7S/c1-4-10-18-14(28-20-10)7(2)13(23)19-11-15(24)21-12(17(25)26)9(5-27-8(3)22)6-29-16(11)21/h7,11,16H,4-6H2,1-3H3,(H,19,23)(H,25,26)/t7?,11-,16-/m1/s1. The predicted octanol–water partition coefficient (Wildman–Crippen LogP) is 0.0372. The number of aromatic nitrogens is 2. The van der Waals surface area contributed by atoms with Gasteiger partial charge in [0.1, 0.15) is 29.6 Å². The Morgan fingerprint density at radius 3 is 2.76 bits per heavy atom. The zero-order valence-corrected chi connectivity index (χ0v) is 16.8. The Bertz CT molecular complexity index is 896. The van der Waals surface area contributed by atoms with E-state index in [-0.39, 0.29) is 23.9 Å². The van der Waals surface area contributed by atoms with Crippen molar-refractivity contribution in [2.24, 2.45) is 0 Å². The van der Waals surface area contributed by atoms with Gasteiger partial charge in [0.2, 0.25) is 11.8 Å². The van der Waals surface area contributed by atoms with Gasteiger partial charge in [0.05, 0.1) is 0 Å². The van der Waals surface area contributed by atoms with Crippen molar-refractivity contribution in [2.45, 2.75) is 44.5 Å². The summed E-state index contributed by atoms with van der Waals surface area (Å²) in [4.78, 5) is 53.0. The molecule has 1 fully saturated rings. The summed E-state index contributed by atoms with van der Waals surface area (Å²) in [6.45, 7) is 4.45. The van der Waals surface area contributed by atoms with Gasteiger partial charge in [-0.25, -0.2) is 4.79 Å². The number of nitrogens with one attached hydrogen (secondary N) is 1. The summed E-state index contributed by atoms with van der Waals surface area (Å²) < 4.78 is 9.95. The second kappa shape index (κ2) is 8.23. The normalized spacial score (nSPS) is 21.9. The third-order valence-corrected chi connectivity index (χ3v) is 5.90. The number of carbonyl (C=O) groups is 4. The van der Waals surface area contributed by atoms with Crippen molar-refractivity contribution in [2.75, 3.05) is 12.4 Å². The molecule has 2 aliphatic heterocycles. The topological polar surface area (TPSA) is 152 Å². The molecule has 29 heavy (non-hydrogen) atoms. The molecule has 12 heteroatoms. The van der Waals surface area contributed by atoms with E-state index in [1.165, 1.54) is 18.7 Å². The van der Waals surface area contributed by atoms with Gasteiger partial charge in [-0.2, -0.15) is 4.98 Å². The van der Waals surface area contributed by atoms with Crippen LogP contribution in [0.3, 0.4) is 0 Å². The van der Waals surface area contributed by atoms with Gasteiger partial charge in [-0.15, -0.1) is 11.8 Å². The van der Waals surface area contributed by atoms with Crippen molar-refractivity contribution < 1.29 is 33.5 Å². The van der Waals surface area contributed by atoms with E-state index in [2.05, 4.69) is 15.5 Å². The smallest absolute Gasteiger partial charge is 0.352 e. The number of aliphatic carboxylic acids is 1. The number of nitrogens with zero attached hydrogens (tertiary/aromatic N) is 3. The van der Waals surface area contributed by atoms with Crippen LogP contribution >= 0.6 is 11.8 Å². The fraction of sp³-hybridized carbons (Fsp3) is 0.529. The highest BCUT2D eigenvalue weighted by atomic mass is 32.2. The molecule has 2 N–H and O–H groups in total. The highest BCUT2D eigenvalue weighted by molar-refractivity contribution is 8.00. The number of esters is 1. The lowest BCUT2D eigenvalue weighted by atomic mass is 10.0. The first-order chi connectivity index (χ1) is 13.7. The van der Waals surface area contributed by atoms with Crippen LogP contribution in [0.5, 0.6) is 0 Å². The van der Waals surface area contributed by atoms with Gasteiger partial charge in [0.15, 0.2) is 5.82 Å². The SMILES string of the molecule is CCc1noc(C(C)C(=O)N[C@@H]2C(=O)N3C(C(=O)O)=C(COC(C)=O)CS[C@H]23)n1. The number of carbonyl (C=O) groups excluding carboxylic acids is 3. The molecule has 1 aromatic rings. The maximum Gasteiger partial charge on any atom is 0.352 e. The molecule has 0 aromatic carbocycles. The summed E-state index contributed by atoms with van der Waals surface area (Å²) in [6.07, 6.45) is 0.562. The fourth-order valence-electron chi connectivity index (χ4n) is 2.96. The van der Waals surface area contributed by atoms with Gasteiger partial charge in [0, 0.05) is 24.7 Å². The number of carboxylic acid groups (broad SMARTS) is 1. The Balaban J connectivity index is 1.70. The second-order valence-corrected chi connectivity index (χ2v) is 7.66. The molecule has 0 bridgehead atoms. The van der Waals surface area contributed by atoms with Gasteiger partial charge in [-0.05, 0) is 6.92 Å². The Labute approximate surface area is 169 Å². The maximum atomic E-state index is 12.6. The van der Waals surface area contributed by atoms with Crippen LogP contribution in [0.1, 0.15) is 38.4 Å². The minimum absolute atomic E-state index is 0.147. The molecule has 1 unspecified atom stereocenters. The predicted molar refractivity (Wildman–Crippen MR) is 98.4 cm³/mol. The molecular formula is C17H20N4O7S. The highest BCUT2D eigenvalue weighted by Gasteiger charge is 2.54. The van der Waals surface area contributed by atoms with E-state index in [4.69, 9.17) is 9.26 Å². The molecule has 3 rings (SSSR count). The number of fused-ring (bicyclic) bond motifs is 1. The van der Waals surface area contributed by atoms with E-state index in [0.717, 1.165) is 4.90 Å². The Morgan fingerprint density at radius 2 is 2.17 bits per heavy atom. The van der Waals surface area contributed by atoms with E-state index >= 15 is 0 Å². The van der Waals surface area contributed by atoms with Gasteiger partial charge in [0.25, 0.3) is 5.91 Å². The van der Waals surface area contributed by atoms with E-state index in [1.807, 2.05) is 6.92 Å². The highest BCUT2D eigenvalue weighted by Crippen LogP contribution is 2.40. The molecular weight excluding hydrogens is 404 g/mol. The average Bonchev–Trinajstić information content (AvgIpc) is 3.17. The van der Waals surface area contributed by atoms with Gasteiger partial charge < -0.3 is 19.7 Å². The molecule has 0 spiro atoms. The Morgan fingerprint density at radius 1 is 1.45 bits per heavy atom. The minimum Gasteiger partial charge on any atom is -0.477 e. The number of hydrogen-bond acceptors (Lipinski definition) is 9. The third-order valence-electron chi connectivity index (χ3n) is 4.56. The molecule has 0 aliphatic carbocycles. The lowest BCUT2D eigenvalue weighted by Gasteiger charge is -2.49. The fourth-order valence-corrected chi connectivity index (χ4v) is 4.29. The third kappa shape index (κ3) is 3.97. The van der Waals surface area contributed by atoms with Crippen molar-refractivity contribution in [1.82, 2.24) is 20.4 Å². The summed E-state index contributed by atoms with van der Waals surface area (Å²) in [6, 6.07) is -0.867. The van der Waals surface area contributed by atoms with Crippen LogP contribution < -0.4 is 5.32 Å². The lowest BCUT2D eigenvalue weighted by molar-refractivity contribution is -0.151. The van der Waals surface area contributed by atoms with Crippen molar-refractivity contribution in [3.05, 3.63) is 23.0 Å². The van der Waals surface area contributed by atoms with Crippen LogP contribution in [0.25, 0.3) is 0 Å². The lowest BCUT2D eigenvalue weighted by Crippen LogP contribution is -2.70. The van der Waals surface area contributed by atoms with Gasteiger partial charge in [-0.3, -0.25) is 19.3 Å². The summed E-state index contributed by atoms with van der Waals surface area (Å²) in [5.74, 6) is -2.72. The van der Waals surface area contributed by atoms with Crippen molar-refractivity contribution in [3.63, 3.8) is 0 Å². The number of carboxylic acids is 1. The van der Waals surface area contributed by atoms with Gasteiger partial charge >= 0.3 is 11.9 Å². The van der Waals surface area contributed by atoms with E-state index in [9.17, 15) is 24.3 Å². The van der Waals surface area contributed by atoms with Crippen LogP contribution in [0.4, 0.5) is 0 Å². The first-order valence-electron chi connectivity index (χ1n) is 8.90. The number of rotatable bonds is 7. The maximum absolute atomic E-state index is 12.6. The van der Waals surface area contributed by atoms with Crippen LogP contribution in [0.15, 0.2) is 15.8 Å². The number of aryl methyl sites for hydroxylation is 1. The van der Waals surface area contributed by atoms with Crippen molar-refractivity contribution >= 4 is 35.5 Å². The van der Waals surface area contributed by atoms with Crippen LogP contribution in [-0.2, 0) is 30.3 Å². The summed E-state index contributed by atoms with van der Waals surface area (Å²) >= 11 is 1.29. The Hall–Kier alpha value is -2.89. The van der Waals surface area contributed by atoms with Crippen LogP contribution in [0.2, 0.25) is 0 Å². The largest absolute Gasteiger partial charge is 0.477 e. The minimum atomic E-state index is -1.29. The van der Waals surface area contributed by atoms with Crippen molar-refractivity contribution in [1.29, 1.82) is 0 Å². The summed E-state index contributed by atoms with van der Waals surface area (Å²) in [5, 5.41) is 15.4. The molecule has 0 radical (unpaired) electrons. The number of β-lactam (4-membered cyclic amide) rings is 1. The first kappa shape index (κ1) is 20.8. The molecule has 1 saturated heterocycles. The molecule has 2 amide bonds. The summed E-state index contributed by atoms with van der Waals surface area (Å²) in [7, 11) is 0. The average molecular weight is 424 g/mol. The molecule has 3 atom stereocenters. The van der Waals surface area contributed by atoms with Gasteiger partial charge in [-0.1, -0.05) is 12.1 Å². The van der Waals surface area contributed by atoms with E-state index in [1.54, 1.807) is 6.92 Å². The Kier molecular flexibility index (Phi) is 5.91.